The molecule has 0 spiro atoms. The third-order valence-corrected chi connectivity index (χ3v) is 7.10. The fourth-order valence-electron chi connectivity index (χ4n) is 5.04. The van der Waals surface area contributed by atoms with Crippen LogP contribution < -0.4 is 20.7 Å². The molecule has 0 aliphatic carbocycles. The molecule has 4 heterocycles. The average Bonchev–Trinajstić information content (AvgIpc) is 2.93. The Morgan fingerprint density at radius 3 is 2.65 bits per heavy atom. The van der Waals surface area contributed by atoms with E-state index in [4.69, 9.17) is 15.2 Å². The van der Waals surface area contributed by atoms with Crippen molar-refractivity contribution in [1.82, 2.24) is 9.97 Å². The van der Waals surface area contributed by atoms with E-state index < -0.39 is 46.8 Å². The molecule has 1 amide bonds. The molecule has 1 aromatic carbocycles. The summed E-state index contributed by atoms with van der Waals surface area (Å²) in [6.45, 7) is 3.63. The van der Waals surface area contributed by atoms with E-state index in [1.807, 2.05) is 11.8 Å². The van der Waals surface area contributed by atoms with Crippen LogP contribution >= 0.6 is 0 Å². The second-order valence-corrected chi connectivity index (χ2v) is 10.1. The number of nitrogens with one attached hydrogen (secondary N) is 1. The standard InChI is InChI=1S/C28H30F3N5O4/c1-15-12-36(13-21(32)27(15)37)24-6-7-33-11-23(24)35-28(38)22-5-4-18(29)26(34-22)25-19(30)9-17(10-20(25)31)40-16-3-2-8-39-14-16/h4-7,9-11,15-16,21,27,37H,2-3,8,12-14,32H2,1H3,(H,35,38)/t15-,16-,21+,27+/m0/s1. The summed E-state index contributed by atoms with van der Waals surface area (Å²) < 4.78 is 55.8. The second kappa shape index (κ2) is 11.8. The van der Waals surface area contributed by atoms with Crippen LogP contribution in [-0.4, -0.2) is 65.5 Å². The van der Waals surface area contributed by atoms with Gasteiger partial charge in [-0.05, 0) is 31.0 Å². The third kappa shape index (κ3) is 5.88. The molecule has 4 N–H and O–H groups in total. The molecule has 2 aliphatic rings. The molecule has 2 aromatic heterocycles. The first-order valence-corrected chi connectivity index (χ1v) is 13.1. The number of piperidine rings is 1. The van der Waals surface area contributed by atoms with E-state index in [9.17, 15) is 14.3 Å². The molecule has 40 heavy (non-hydrogen) atoms. The molecule has 4 atom stereocenters. The van der Waals surface area contributed by atoms with Gasteiger partial charge < -0.3 is 30.5 Å². The maximum atomic E-state index is 15.1. The number of aromatic nitrogens is 2. The zero-order valence-corrected chi connectivity index (χ0v) is 21.8. The van der Waals surface area contributed by atoms with Crippen molar-refractivity contribution in [1.29, 1.82) is 0 Å². The van der Waals surface area contributed by atoms with Crippen LogP contribution in [0.5, 0.6) is 5.75 Å². The zero-order chi connectivity index (χ0) is 28.4. The number of hydrogen-bond donors (Lipinski definition) is 3. The number of rotatable bonds is 6. The zero-order valence-electron chi connectivity index (χ0n) is 21.8. The van der Waals surface area contributed by atoms with Crippen molar-refractivity contribution >= 4 is 17.3 Å². The number of ether oxygens (including phenoxy) is 2. The summed E-state index contributed by atoms with van der Waals surface area (Å²) >= 11 is 0. The van der Waals surface area contributed by atoms with Gasteiger partial charge in [0.15, 0.2) is 0 Å². The van der Waals surface area contributed by atoms with Crippen LogP contribution in [-0.2, 0) is 4.74 Å². The number of pyridine rings is 2. The summed E-state index contributed by atoms with van der Waals surface area (Å²) in [5.41, 5.74) is 5.43. The summed E-state index contributed by atoms with van der Waals surface area (Å²) in [4.78, 5) is 23.1. The van der Waals surface area contributed by atoms with Gasteiger partial charge in [-0.1, -0.05) is 6.92 Å². The summed E-state index contributed by atoms with van der Waals surface area (Å²) in [7, 11) is 0. The van der Waals surface area contributed by atoms with Gasteiger partial charge in [-0.2, -0.15) is 0 Å². The topological polar surface area (TPSA) is 123 Å². The number of carbonyl (C=O) groups is 1. The van der Waals surface area contributed by atoms with Crippen molar-refractivity contribution in [3.8, 4) is 17.0 Å². The highest BCUT2D eigenvalue weighted by atomic mass is 19.1. The Morgan fingerprint density at radius 1 is 1.18 bits per heavy atom. The number of nitrogens with two attached hydrogens (primary N) is 1. The lowest BCUT2D eigenvalue weighted by molar-refractivity contribution is 0.00720. The molecule has 0 radical (unpaired) electrons. The van der Waals surface area contributed by atoms with E-state index in [1.165, 1.54) is 6.20 Å². The first-order chi connectivity index (χ1) is 19.2. The van der Waals surface area contributed by atoms with Crippen LogP contribution in [0.15, 0.2) is 42.7 Å². The van der Waals surface area contributed by atoms with Gasteiger partial charge in [-0.15, -0.1) is 0 Å². The van der Waals surface area contributed by atoms with E-state index in [0.717, 1.165) is 30.7 Å². The van der Waals surface area contributed by atoms with Gasteiger partial charge in [0, 0.05) is 50.0 Å². The number of carbonyl (C=O) groups excluding carboxylic acids is 1. The molecule has 212 valence electrons. The smallest absolute Gasteiger partial charge is 0.274 e. The Morgan fingerprint density at radius 2 is 1.95 bits per heavy atom. The highest BCUT2D eigenvalue weighted by molar-refractivity contribution is 6.04. The molecule has 0 unspecified atom stereocenters. The summed E-state index contributed by atoms with van der Waals surface area (Å²) in [5.74, 6) is -4.05. The van der Waals surface area contributed by atoms with Gasteiger partial charge in [0.05, 0.1) is 35.8 Å². The minimum atomic E-state index is -1.08. The maximum Gasteiger partial charge on any atom is 0.274 e. The predicted molar refractivity (Wildman–Crippen MR) is 142 cm³/mol. The lowest BCUT2D eigenvalue weighted by Gasteiger charge is -2.40. The normalized spacial score (nSPS) is 23.1. The summed E-state index contributed by atoms with van der Waals surface area (Å²) in [6, 6.07) is 5.18. The Balaban J connectivity index is 1.38. The highest BCUT2D eigenvalue weighted by Gasteiger charge is 2.32. The fraction of sp³-hybridized carbons (Fsp3) is 0.393. The van der Waals surface area contributed by atoms with Crippen molar-refractivity contribution in [3.63, 3.8) is 0 Å². The van der Waals surface area contributed by atoms with Crippen LogP contribution in [0.4, 0.5) is 24.5 Å². The van der Waals surface area contributed by atoms with Crippen LogP contribution in [0, 0.1) is 23.4 Å². The molecule has 2 aliphatic heterocycles. The fourth-order valence-corrected chi connectivity index (χ4v) is 5.04. The highest BCUT2D eigenvalue weighted by Crippen LogP contribution is 2.33. The van der Waals surface area contributed by atoms with Crippen molar-refractivity contribution in [3.05, 3.63) is 65.9 Å². The quantitative estimate of drug-likeness (QED) is 0.421. The van der Waals surface area contributed by atoms with Gasteiger partial charge in [-0.25, -0.2) is 18.2 Å². The largest absolute Gasteiger partial charge is 0.488 e. The predicted octanol–water partition coefficient (Wildman–Crippen LogP) is 3.52. The lowest BCUT2D eigenvalue weighted by Crippen LogP contribution is -2.55. The van der Waals surface area contributed by atoms with Gasteiger partial charge in [0.2, 0.25) is 0 Å². The summed E-state index contributed by atoms with van der Waals surface area (Å²) in [5, 5.41) is 12.9. The molecule has 3 aromatic rings. The monoisotopic (exact) mass is 557 g/mol. The molecular formula is C28H30F3N5O4. The van der Waals surface area contributed by atoms with Gasteiger partial charge in [0.1, 0.15) is 40.7 Å². The van der Waals surface area contributed by atoms with E-state index in [-0.39, 0.29) is 23.5 Å². The molecule has 2 fully saturated rings. The Bertz CT molecular complexity index is 1350. The minimum absolute atomic E-state index is 0.0491. The number of aliphatic hydroxyl groups excluding tert-OH is 1. The van der Waals surface area contributed by atoms with Crippen molar-refractivity contribution in [2.24, 2.45) is 11.7 Å². The molecule has 0 bridgehead atoms. The second-order valence-electron chi connectivity index (χ2n) is 10.1. The van der Waals surface area contributed by atoms with Gasteiger partial charge in [-0.3, -0.25) is 9.78 Å². The van der Waals surface area contributed by atoms with Crippen LogP contribution in [0.1, 0.15) is 30.3 Å². The Hall–Kier alpha value is -3.74. The van der Waals surface area contributed by atoms with Crippen LogP contribution in [0.3, 0.4) is 0 Å². The molecule has 9 nitrogen and oxygen atoms in total. The third-order valence-electron chi connectivity index (χ3n) is 7.10. The molecule has 12 heteroatoms. The number of anilines is 2. The molecule has 2 saturated heterocycles. The lowest BCUT2D eigenvalue weighted by atomic mass is 9.92. The maximum absolute atomic E-state index is 15.1. The molecular weight excluding hydrogens is 527 g/mol. The van der Waals surface area contributed by atoms with Crippen molar-refractivity contribution in [2.75, 3.05) is 36.5 Å². The van der Waals surface area contributed by atoms with E-state index in [1.54, 1.807) is 12.3 Å². The Kier molecular flexibility index (Phi) is 8.19. The SMILES string of the molecule is C[C@H]1CN(c2ccncc2NC(=O)c2ccc(F)c(-c3c(F)cc(O[C@H]4CCCOC4)cc3F)n2)C[C@@H](N)[C@@H]1O. The van der Waals surface area contributed by atoms with Crippen LogP contribution in [0.2, 0.25) is 0 Å². The number of hydrogen-bond acceptors (Lipinski definition) is 8. The first kappa shape index (κ1) is 27.8. The first-order valence-electron chi connectivity index (χ1n) is 13.1. The average molecular weight is 558 g/mol. The number of halogens is 3. The van der Waals surface area contributed by atoms with Crippen molar-refractivity contribution in [2.45, 2.75) is 38.0 Å². The number of amides is 1. The van der Waals surface area contributed by atoms with Gasteiger partial charge in [0.25, 0.3) is 5.91 Å². The van der Waals surface area contributed by atoms with E-state index >= 15 is 8.78 Å². The Labute approximate surface area is 229 Å². The van der Waals surface area contributed by atoms with E-state index in [0.29, 0.717) is 44.1 Å². The number of nitrogens with zero attached hydrogens (tertiary/aromatic N) is 3. The van der Waals surface area contributed by atoms with Crippen LogP contribution in [0.25, 0.3) is 11.3 Å². The number of aliphatic hydroxyl groups is 1. The van der Waals surface area contributed by atoms with E-state index in [2.05, 4.69) is 15.3 Å². The minimum Gasteiger partial charge on any atom is -0.488 e. The van der Waals surface area contributed by atoms with Crippen molar-refractivity contribution < 1.29 is 32.5 Å². The van der Waals surface area contributed by atoms with Gasteiger partial charge >= 0.3 is 0 Å². The summed E-state index contributed by atoms with van der Waals surface area (Å²) in [6.07, 6.45) is 3.45. The molecule has 0 saturated carbocycles. The number of benzene rings is 1. The molecule has 5 rings (SSSR count).